The number of hydrogen-bond acceptors (Lipinski definition) is 3. The van der Waals surface area contributed by atoms with E-state index in [0.29, 0.717) is 0 Å². The van der Waals surface area contributed by atoms with E-state index in [2.05, 4.69) is 48.0 Å². The van der Waals surface area contributed by atoms with Gasteiger partial charge in [0.1, 0.15) is 0 Å². The Kier molecular flexibility index (Phi) is 3.85. The Labute approximate surface area is 122 Å². The third-order valence-electron chi connectivity index (χ3n) is 5.51. The molecule has 2 saturated heterocycles. The Morgan fingerprint density at radius 1 is 1.40 bits per heavy atom. The first-order valence-electron chi connectivity index (χ1n) is 7.83. The molecule has 110 valence electrons. The minimum absolute atomic E-state index is 0.205. The lowest BCUT2D eigenvalue weighted by Gasteiger charge is -2.48. The number of aryl methyl sites for hydroxylation is 1. The average molecular weight is 273 g/mol. The van der Waals surface area contributed by atoms with Crippen LogP contribution in [0.3, 0.4) is 0 Å². The molecule has 20 heavy (non-hydrogen) atoms. The molecule has 2 N–H and O–H groups in total. The van der Waals surface area contributed by atoms with Crippen LogP contribution in [0, 0.1) is 12.8 Å². The molecule has 3 nitrogen and oxygen atoms in total. The summed E-state index contributed by atoms with van der Waals surface area (Å²) in [4.78, 5) is 5.13. The fraction of sp³-hybridized carbons (Fsp3) is 0.647. The van der Waals surface area contributed by atoms with Gasteiger partial charge in [-0.25, -0.2) is 0 Å². The van der Waals surface area contributed by atoms with Gasteiger partial charge in [-0.3, -0.25) is 4.90 Å². The second kappa shape index (κ2) is 5.47. The molecule has 3 heteroatoms. The first-order chi connectivity index (χ1) is 9.64. The highest BCUT2D eigenvalue weighted by atomic mass is 15.3. The molecule has 0 aliphatic carbocycles. The summed E-state index contributed by atoms with van der Waals surface area (Å²) in [5.41, 5.74) is 9.20. The van der Waals surface area contributed by atoms with Gasteiger partial charge in [-0.1, -0.05) is 29.8 Å². The van der Waals surface area contributed by atoms with Crippen LogP contribution in [0.15, 0.2) is 24.3 Å². The van der Waals surface area contributed by atoms with E-state index in [4.69, 9.17) is 5.73 Å². The van der Waals surface area contributed by atoms with Crippen LogP contribution in [0.2, 0.25) is 0 Å². The van der Waals surface area contributed by atoms with E-state index in [1.54, 1.807) is 0 Å². The van der Waals surface area contributed by atoms with Gasteiger partial charge in [0.2, 0.25) is 0 Å². The van der Waals surface area contributed by atoms with Gasteiger partial charge in [0.25, 0.3) is 0 Å². The molecule has 2 heterocycles. The fourth-order valence-electron chi connectivity index (χ4n) is 4.20. The number of likely N-dealkylation sites (N-methyl/N-ethyl adjacent to an activating group) is 1. The molecule has 0 radical (unpaired) electrons. The van der Waals surface area contributed by atoms with Crippen LogP contribution in [0.4, 0.5) is 0 Å². The smallest absolute Gasteiger partial charge is 0.0385 e. The highest BCUT2D eigenvalue weighted by molar-refractivity contribution is 5.22. The number of nitrogens with two attached hydrogens (primary N) is 1. The van der Waals surface area contributed by atoms with Gasteiger partial charge < -0.3 is 10.6 Å². The quantitative estimate of drug-likeness (QED) is 0.909. The van der Waals surface area contributed by atoms with Crippen LogP contribution in [0.1, 0.15) is 24.0 Å². The largest absolute Gasteiger partial charge is 0.329 e. The van der Waals surface area contributed by atoms with Crippen molar-refractivity contribution in [2.24, 2.45) is 11.7 Å². The molecule has 2 fully saturated rings. The van der Waals surface area contributed by atoms with Crippen molar-refractivity contribution in [3.63, 3.8) is 0 Å². The highest BCUT2D eigenvalue weighted by Crippen LogP contribution is 2.39. The van der Waals surface area contributed by atoms with Gasteiger partial charge in [-0.15, -0.1) is 0 Å². The minimum atomic E-state index is 0.205. The van der Waals surface area contributed by atoms with Gasteiger partial charge in [-0.2, -0.15) is 0 Å². The van der Waals surface area contributed by atoms with Crippen molar-refractivity contribution in [3.05, 3.63) is 35.4 Å². The van der Waals surface area contributed by atoms with Crippen LogP contribution in [-0.2, 0) is 6.54 Å². The molecule has 2 aliphatic heterocycles. The van der Waals surface area contributed by atoms with Crippen LogP contribution in [0.25, 0.3) is 0 Å². The molecule has 3 rings (SSSR count). The van der Waals surface area contributed by atoms with E-state index >= 15 is 0 Å². The molecule has 3 atom stereocenters. The molecule has 0 spiro atoms. The SMILES string of the molecule is Cc1cccc(CN(C)C2(CN)CCN3CCC2C3)c1. The summed E-state index contributed by atoms with van der Waals surface area (Å²) in [6.07, 6.45) is 2.53. The van der Waals surface area contributed by atoms with Crippen molar-refractivity contribution in [1.29, 1.82) is 0 Å². The fourth-order valence-corrected chi connectivity index (χ4v) is 4.20. The second-order valence-corrected chi connectivity index (χ2v) is 6.69. The minimum Gasteiger partial charge on any atom is -0.329 e. The molecule has 0 amide bonds. The van der Waals surface area contributed by atoms with Gasteiger partial charge in [0, 0.05) is 25.2 Å². The number of piperidine rings is 1. The van der Waals surface area contributed by atoms with Crippen LogP contribution < -0.4 is 5.73 Å². The standard InChI is InChI=1S/C17H27N3/c1-14-4-3-5-15(10-14)11-19(2)17(13-18)7-9-20-8-6-16(17)12-20/h3-5,10,16H,6-9,11-13,18H2,1-2H3. The van der Waals surface area contributed by atoms with Crippen LogP contribution >= 0.6 is 0 Å². The van der Waals surface area contributed by atoms with Gasteiger partial charge in [0.05, 0.1) is 0 Å². The van der Waals surface area contributed by atoms with Crippen molar-refractivity contribution >= 4 is 0 Å². The molecule has 2 aliphatic rings. The Morgan fingerprint density at radius 3 is 3.00 bits per heavy atom. The number of hydrogen-bond donors (Lipinski definition) is 1. The molecular formula is C17H27N3. The summed E-state index contributed by atoms with van der Waals surface area (Å²) in [6, 6.07) is 8.85. The van der Waals surface area contributed by atoms with Gasteiger partial charge >= 0.3 is 0 Å². The summed E-state index contributed by atoms with van der Waals surface area (Å²) in [6.45, 7) is 7.69. The predicted octanol–water partition coefficient (Wildman–Crippen LogP) is 1.85. The number of nitrogens with zero attached hydrogens (tertiary/aromatic N) is 2. The molecule has 0 aromatic heterocycles. The van der Waals surface area contributed by atoms with Crippen molar-refractivity contribution in [2.75, 3.05) is 33.2 Å². The molecule has 2 bridgehead atoms. The zero-order valence-corrected chi connectivity index (χ0v) is 12.8. The molecule has 1 aromatic rings. The first kappa shape index (κ1) is 14.1. The molecule has 1 aromatic carbocycles. The van der Waals surface area contributed by atoms with E-state index in [1.807, 2.05) is 0 Å². The highest BCUT2D eigenvalue weighted by Gasteiger charge is 2.47. The van der Waals surface area contributed by atoms with Gasteiger partial charge in [0.15, 0.2) is 0 Å². The Bertz CT molecular complexity index is 473. The Morgan fingerprint density at radius 2 is 2.25 bits per heavy atom. The Hall–Kier alpha value is -0.900. The lowest BCUT2D eigenvalue weighted by molar-refractivity contribution is 0.0212. The van der Waals surface area contributed by atoms with E-state index in [-0.39, 0.29) is 5.54 Å². The average Bonchev–Trinajstić information content (AvgIpc) is 2.83. The van der Waals surface area contributed by atoms with Crippen molar-refractivity contribution in [1.82, 2.24) is 9.80 Å². The predicted molar refractivity (Wildman–Crippen MR) is 83.6 cm³/mol. The van der Waals surface area contributed by atoms with Crippen LogP contribution in [0.5, 0.6) is 0 Å². The Balaban J connectivity index is 1.78. The molecular weight excluding hydrogens is 246 g/mol. The van der Waals surface area contributed by atoms with E-state index in [1.165, 1.54) is 43.6 Å². The maximum atomic E-state index is 6.25. The summed E-state index contributed by atoms with van der Waals surface area (Å²) < 4.78 is 0. The zero-order chi connectivity index (χ0) is 14.2. The third kappa shape index (κ3) is 2.39. The van der Waals surface area contributed by atoms with E-state index in [0.717, 1.165) is 19.0 Å². The van der Waals surface area contributed by atoms with Gasteiger partial charge in [-0.05, 0) is 51.4 Å². The van der Waals surface area contributed by atoms with Crippen molar-refractivity contribution in [2.45, 2.75) is 31.8 Å². The van der Waals surface area contributed by atoms with Crippen LogP contribution in [-0.4, -0.2) is 48.6 Å². The number of fused-ring (bicyclic) bond motifs is 2. The third-order valence-corrected chi connectivity index (χ3v) is 5.51. The number of benzene rings is 1. The normalized spacial score (nSPS) is 32.8. The monoisotopic (exact) mass is 273 g/mol. The molecule has 3 unspecified atom stereocenters. The van der Waals surface area contributed by atoms with Crippen molar-refractivity contribution < 1.29 is 0 Å². The maximum Gasteiger partial charge on any atom is 0.0385 e. The van der Waals surface area contributed by atoms with Crippen molar-refractivity contribution in [3.8, 4) is 0 Å². The lowest BCUT2D eigenvalue weighted by Crippen LogP contribution is -2.60. The lowest BCUT2D eigenvalue weighted by atomic mass is 9.77. The summed E-state index contributed by atoms with van der Waals surface area (Å²) >= 11 is 0. The molecule has 0 saturated carbocycles. The number of rotatable bonds is 4. The summed E-state index contributed by atoms with van der Waals surface area (Å²) in [5, 5.41) is 0. The maximum absolute atomic E-state index is 6.25. The second-order valence-electron chi connectivity index (χ2n) is 6.69. The summed E-state index contributed by atoms with van der Waals surface area (Å²) in [7, 11) is 2.27. The first-order valence-corrected chi connectivity index (χ1v) is 7.83. The van der Waals surface area contributed by atoms with E-state index in [9.17, 15) is 0 Å². The zero-order valence-electron chi connectivity index (χ0n) is 12.8. The van der Waals surface area contributed by atoms with E-state index < -0.39 is 0 Å². The summed E-state index contributed by atoms with van der Waals surface area (Å²) in [5.74, 6) is 0.746. The topological polar surface area (TPSA) is 32.5 Å².